The van der Waals surface area contributed by atoms with E-state index in [4.69, 9.17) is 9.97 Å². The zero-order chi connectivity index (χ0) is 29.7. The van der Waals surface area contributed by atoms with Crippen molar-refractivity contribution in [1.82, 2.24) is 9.97 Å². The summed E-state index contributed by atoms with van der Waals surface area (Å²) in [6, 6.07) is 24.7. The van der Waals surface area contributed by atoms with Crippen LogP contribution in [0.25, 0.3) is 33.8 Å². The van der Waals surface area contributed by atoms with Crippen molar-refractivity contribution in [2.45, 2.75) is 105 Å². The Morgan fingerprint density at radius 1 is 0.425 bits per heavy atom. The fourth-order valence-corrected chi connectivity index (χ4v) is 5.01. The molecule has 0 radical (unpaired) electrons. The largest absolute Gasteiger partial charge is 0.256 e. The van der Waals surface area contributed by atoms with Gasteiger partial charge >= 0.3 is 0 Å². The Bertz CT molecular complexity index is 1500. The molecule has 210 valence electrons. The van der Waals surface area contributed by atoms with E-state index < -0.39 is 0 Å². The number of nitrogens with zero attached hydrogens (tertiary/aromatic N) is 2. The van der Waals surface area contributed by atoms with Gasteiger partial charge in [0.25, 0.3) is 0 Å². The van der Waals surface area contributed by atoms with Crippen molar-refractivity contribution in [3.8, 4) is 33.8 Å². The van der Waals surface area contributed by atoms with Crippen LogP contribution in [0.1, 0.15) is 105 Å². The van der Waals surface area contributed by atoms with Crippen molar-refractivity contribution in [3.05, 3.63) is 95.2 Å². The van der Waals surface area contributed by atoms with Gasteiger partial charge in [0.05, 0.1) is 17.1 Å². The fraction of sp³-hybridized carbons (Fsp3) is 0.421. The molecule has 0 bridgehead atoms. The van der Waals surface area contributed by atoms with Crippen molar-refractivity contribution < 1.29 is 0 Å². The Morgan fingerprint density at radius 3 is 1.50 bits per heavy atom. The van der Waals surface area contributed by atoms with E-state index >= 15 is 0 Å². The molecule has 4 rings (SSSR count). The van der Waals surface area contributed by atoms with Gasteiger partial charge in [-0.05, 0) is 74.2 Å². The van der Waals surface area contributed by atoms with Gasteiger partial charge in [-0.25, -0.2) is 4.98 Å². The van der Waals surface area contributed by atoms with E-state index in [2.05, 4.69) is 150 Å². The molecule has 0 saturated carbocycles. The molecule has 2 heterocycles. The molecule has 2 aromatic carbocycles. The highest BCUT2D eigenvalue weighted by Crippen LogP contribution is 2.39. The summed E-state index contributed by atoms with van der Waals surface area (Å²) in [4.78, 5) is 10.1. The average Bonchev–Trinajstić information content (AvgIpc) is 2.86. The third-order valence-electron chi connectivity index (χ3n) is 7.76. The summed E-state index contributed by atoms with van der Waals surface area (Å²) in [7, 11) is 0. The minimum Gasteiger partial charge on any atom is -0.256 e. The van der Waals surface area contributed by atoms with Gasteiger partial charge in [0, 0.05) is 22.9 Å². The topological polar surface area (TPSA) is 25.8 Å². The molecule has 0 fully saturated rings. The molecule has 0 aliphatic rings. The molecule has 0 N–H and O–H groups in total. The van der Waals surface area contributed by atoms with E-state index in [1.165, 1.54) is 27.8 Å². The van der Waals surface area contributed by atoms with Crippen LogP contribution in [0.5, 0.6) is 0 Å². The highest BCUT2D eigenvalue weighted by Gasteiger charge is 2.24. The second kappa shape index (κ2) is 10.3. The molecule has 2 nitrogen and oxygen atoms in total. The van der Waals surface area contributed by atoms with E-state index in [-0.39, 0.29) is 21.7 Å². The molecule has 0 aliphatic carbocycles. The first-order valence-electron chi connectivity index (χ1n) is 14.6. The van der Waals surface area contributed by atoms with Gasteiger partial charge in [-0.15, -0.1) is 0 Å². The maximum atomic E-state index is 5.32. The molecule has 0 spiro atoms. The monoisotopic (exact) mass is 532 g/mol. The number of pyridine rings is 2. The lowest BCUT2D eigenvalue weighted by Gasteiger charge is -2.26. The summed E-state index contributed by atoms with van der Waals surface area (Å²) in [6.45, 7) is 27.2. The molecule has 0 saturated heterocycles. The average molecular weight is 533 g/mol. The van der Waals surface area contributed by atoms with Crippen molar-refractivity contribution in [2.75, 3.05) is 0 Å². The van der Waals surface area contributed by atoms with Crippen LogP contribution in [0, 0.1) is 0 Å². The summed E-state index contributed by atoms with van der Waals surface area (Å²) >= 11 is 0. The number of benzene rings is 2. The lowest BCUT2D eigenvalue weighted by atomic mass is 9.80. The van der Waals surface area contributed by atoms with Gasteiger partial charge in [0.15, 0.2) is 0 Å². The lowest BCUT2D eigenvalue weighted by Crippen LogP contribution is -2.15. The van der Waals surface area contributed by atoms with Crippen LogP contribution >= 0.6 is 0 Å². The maximum Gasteiger partial charge on any atom is 0.0715 e. The molecule has 2 aromatic heterocycles. The molecule has 40 heavy (non-hydrogen) atoms. The van der Waals surface area contributed by atoms with Crippen LogP contribution in [-0.4, -0.2) is 9.97 Å². The van der Waals surface area contributed by atoms with Gasteiger partial charge in [-0.2, -0.15) is 0 Å². The SMILES string of the molecule is CC(C)(C)c1ccc(-c2cc(C(C)(C)C)cc(-c3cc(-c4cc(C(C)(C)C)ccn4)ccc3C(C)(C)C)n2)cc1. The minimum atomic E-state index is -0.0392. The first-order valence-corrected chi connectivity index (χ1v) is 14.6. The second-order valence-electron chi connectivity index (χ2n) is 15.4. The number of rotatable bonds is 3. The summed E-state index contributed by atoms with van der Waals surface area (Å²) < 4.78 is 0. The molecule has 2 heteroatoms. The summed E-state index contributed by atoms with van der Waals surface area (Å²) in [5.74, 6) is 0. The van der Waals surface area contributed by atoms with E-state index in [0.29, 0.717) is 0 Å². The maximum absolute atomic E-state index is 5.32. The summed E-state index contributed by atoms with van der Waals surface area (Å²) in [6.07, 6.45) is 1.94. The van der Waals surface area contributed by atoms with Crippen LogP contribution in [0.4, 0.5) is 0 Å². The highest BCUT2D eigenvalue weighted by molar-refractivity contribution is 5.76. The van der Waals surface area contributed by atoms with Gasteiger partial charge in [0.1, 0.15) is 0 Å². The van der Waals surface area contributed by atoms with Crippen LogP contribution in [0.3, 0.4) is 0 Å². The van der Waals surface area contributed by atoms with Crippen LogP contribution in [0.15, 0.2) is 72.9 Å². The molecular formula is C38H48N2. The Labute approximate surface area is 243 Å². The Morgan fingerprint density at radius 2 is 0.950 bits per heavy atom. The van der Waals surface area contributed by atoms with Gasteiger partial charge in [-0.1, -0.05) is 119 Å². The summed E-state index contributed by atoms with van der Waals surface area (Å²) in [5, 5.41) is 0. The fourth-order valence-electron chi connectivity index (χ4n) is 5.01. The minimum absolute atomic E-state index is 0.0140. The normalized spacial score (nSPS) is 13.0. The Hall–Kier alpha value is -3.26. The van der Waals surface area contributed by atoms with Gasteiger partial charge < -0.3 is 0 Å². The van der Waals surface area contributed by atoms with E-state index in [0.717, 1.165) is 28.2 Å². The highest BCUT2D eigenvalue weighted by atomic mass is 14.7. The number of aromatic nitrogens is 2. The number of hydrogen-bond donors (Lipinski definition) is 0. The second-order valence-corrected chi connectivity index (χ2v) is 15.4. The van der Waals surface area contributed by atoms with Crippen molar-refractivity contribution in [1.29, 1.82) is 0 Å². The lowest BCUT2D eigenvalue weighted by molar-refractivity contribution is 0.588. The molecular weight excluding hydrogens is 484 g/mol. The van der Waals surface area contributed by atoms with Crippen LogP contribution in [0.2, 0.25) is 0 Å². The smallest absolute Gasteiger partial charge is 0.0715 e. The third kappa shape index (κ3) is 6.54. The summed E-state index contributed by atoms with van der Waals surface area (Å²) in [5.41, 5.74) is 11.8. The zero-order valence-corrected chi connectivity index (χ0v) is 26.8. The van der Waals surface area contributed by atoms with Crippen LogP contribution in [-0.2, 0) is 21.7 Å². The number of hydrogen-bond acceptors (Lipinski definition) is 2. The first kappa shape index (κ1) is 29.7. The van der Waals surface area contributed by atoms with Gasteiger partial charge in [-0.3, -0.25) is 4.98 Å². The van der Waals surface area contributed by atoms with E-state index in [9.17, 15) is 0 Å². The zero-order valence-electron chi connectivity index (χ0n) is 26.8. The molecule has 4 aromatic rings. The Kier molecular flexibility index (Phi) is 7.65. The molecule has 0 unspecified atom stereocenters. The molecule has 0 aliphatic heterocycles. The Balaban J connectivity index is 1.95. The van der Waals surface area contributed by atoms with Crippen molar-refractivity contribution >= 4 is 0 Å². The van der Waals surface area contributed by atoms with E-state index in [1.54, 1.807) is 0 Å². The van der Waals surface area contributed by atoms with Crippen molar-refractivity contribution in [2.24, 2.45) is 0 Å². The third-order valence-corrected chi connectivity index (χ3v) is 7.76. The predicted molar refractivity (Wildman–Crippen MR) is 173 cm³/mol. The standard InChI is InChI=1S/C38H48N2/c1-35(2,3)27-16-13-25(14-17-27)33-23-29(37(7,8)9)24-34(40-33)30-21-26(15-18-31(30)38(10,11)12)32-22-28(19-20-39-32)36(4,5)6/h13-24H,1-12H3. The first-order chi connectivity index (χ1) is 18.3. The predicted octanol–water partition coefficient (Wildman–Crippen LogP) is 10.7. The van der Waals surface area contributed by atoms with Crippen LogP contribution < -0.4 is 0 Å². The van der Waals surface area contributed by atoms with Gasteiger partial charge in [0.2, 0.25) is 0 Å². The van der Waals surface area contributed by atoms with Crippen molar-refractivity contribution in [3.63, 3.8) is 0 Å². The van der Waals surface area contributed by atoms with E-state index in [1.807, 2.05) is 6.20 Å². The molecule has 0 amide bonds. The molecule has 0 atom stereocenters. The quantitative estimate of drug-likeness (QED) is 0.262.